The third kappa shape index (κ3) is 4.69. The lowest BCUT2D eigenvalue weighted by atomic mass is 10.1. The van der Waals surface area contributed by atoms with Crippen molar-refractivity contribution in [2.24, 2.45) is 0 Å². The molecule has 1 atom stereocenters. The number of benzene rings is 1. The molecule has 0 aliphatic carbocycles. The molecule has 1 amide bonds. The highest BCUT2D eigenvalue weighted by Gasteiger charge is 2.17. The van der Waals surface area contributed by atoms with Gasteiger partial charge in [-0.05, 0) is 44.0 Å². The summed E-state index contributed by atoms with van der Waals surface area (Å²) in [5.41, 5.74) is 1.19. The van der Waals surface area contributed by atoms with E-state index < -0.39 is 9.84 Å². The van der Waals surface area contributed by atoms with Gasteiger partial charge in [-0.2, -0.15) is 0 Å². The molecule has 1 unspecified atom stereocenters. The van der Waals surface area contributed by atoms with Crippen LogP contribution >= 0.6 is 12.4 Å². The number of hydrogen-bond acceptors (Lipinski definition) is 4. The summed E-state index contributed by atoms with van der Waals surface area (Å²) >= 11 is 0. The maximum atomic E-state index is 12.2. The van der Waals surface area contributed by atoms with Crippen molar-refractivity contribution in [3.05, 3.63) is 29.3 Å². The molecule has 2 rings (SSSR count). The molecule has 0 radical (unpaired) electrons. The molecule has 1 aromatic carbocycles. The number of aryl methyl sites for hydroxylation is 1. The van der Waals surface area contributed by atoms with E-state index in [1.165, 1.54) is 12.1 Å². The first-order valence-corrected chi connectivity index (χ1v) is 8.59. The average Bonchev–Trinajstić information content (AvgIpc) is 2.88. The molecule has 1 aromatic rings. The Labute approximate surface area is 131 Å². The zero-order valence-corrected chi connectivity index (χ0v) is 13.8. The Bertz CT molecular complexity index is 611. The van der Waals surface area contributed by atoms with Gasteiger partial charge in [-0.3, -0.25) is 4.79 Å². The van der Waals surface area contributed by atoms with Crippen molar-refractivity contribution in [3.8, 4) is 0 Å². The first-order valence-electron chi connectivity index (χ1n) is 6.70. The van der Waals surface area contributed by atoms with Crippen LogP contribution in [-0.2, 0) is 9.84 Å². The molecule has 0 bridgehead atoms. The van der Waals surface area contributed by atoms with Gasteiger partial charge in [0.1, 0.15) is 0 Å². The van der Waals surface area contributed by atoms with Gasteiger partial charge in [0.25, 0.3) is 5.91 Å². The van der Waals surface area contributed by atoms with E-state index in [-0.39, 0.29) is 23.2 Å². The van der Waals surface area contributed by atoms with Crippen LogP contribution in [-0.4, -0.2) is 39.7 Å². The van der Waals surface area contributed by atoms with Gasteiger partial charge in [0, 0.05) is 24.4 Å². The molecule has 7 heteroatoms. The fourth-order valence-electron chi connectivity index (χ4n) is 2.32. The van der Waals surface area contributed by atoms with Gasteiger partial charge >= 0.3 is 0 Å². The maximum absolute atomic E-state index is 12.2. The van der Waals surface area contributed by atoms with Gasteiger partial charge in [-0.25, -0.2) is 8.42 Å². The molecular weight excluding hydrogens is 312 g/mol. The monoisotopic (exact) mass is 332 g/mol. The van der Waals surface area contributed by atoms with Gasteiger partial charge in [-0.1, -0.05) is 6.07 Å². The number of carbonyl (C=O) groups is 1. The van der Waals surface area contributed by atoms with E-state index in [1.807, 2.05) is 0 Å². The molecule has 2 N–H and O–H groups in total. The Hall–Kier alpha value is -1.11. The van der Waals surface area contributed by atoms with E-state index in [0.717, 1.165) is 31.2 Å². The van der Waals surface area contributed by atoms with Crippen LogP contribution in [0.5, 0.6) is 0 Å². The van der Waals surface area contributed by atoms with E-state index in [2.05, 4.69) is 10.6 Å². The number of rotatable bonds is 4. The van der Waals surface area contributed by atoms with Crippen molar-refractivity contribution in [1.29, 1.82) is 0 Å². The summed E-state index contributed by atoms with van der Waals surface area (Å²) in [5, 5.41) is 6.17. The Morgan fingerprint density at radius 2 is 2.14 bits per heavy atom. The van der Waals surface area contributed by atoms with Crippen molar-refractivity contribution >= 4 is 28.2 Å². The highest BCUT2D eigenvalue weighted by molar-refractivity contribution is 7.90. The van der Waals surface area contributed by atoms with E-state index in [1.54, 1.807) is 13.0 Å². The molecule has 118 valence electrons. The summed E-state index contributed by atoms with van der Waals surface area (Å²) < 4.78 is 23.1. The molecular formula is C14H21ClN2O3S. The van der Waals surface area contributed by atoms with Crippen molar-refractivity contribution in [3.63, 3.8) is 0 Å². The predicted molar refractivity (Wildman–Crippen MR) is 84.9 cm³/mol. The minimum absolute atomic E-state index is 0. The van der Waals surface area contributed by atoms with Crippen LogP contribution in [0.1, 0.15) is 28.8 Å². The summed E-state index contributed by atoms with van der Waals surface area (Å²) in [6.07, 6.45) is 3.33. The molecule has 1 heterocycles. The fraction of sp³-hybridized carbons (Fsp3) is 0.500. The van der Waals surface area contributed by atoms with E-state index in [4.69, 9.17) is 0 Å². The molecule has 0 aromatic heterocycles. The zero-order valence-electron chi connectivity index (χ0n) is 12.2. The molecule has 5 nitrogen and oxygen atoms in total. The number of nitrogens with one attached hydrogen (secondary N) is 2. The second-order valence-corrected chi connectivity index (χ2v) is 7.27. The highest BCUT2D eigenvalue weighted by Crippen LogP contribution is 2.15. The third-order valence-corrected chi connectivity index (χ3v) is 4.66. The van der Waals surface area contributed by atoms with Gasteiger partial charge in [0.05, 0.1) is 4.90 Å². The minimum Gasteiger partial charge on any atom is -0.350 e. The summed E-state index contributed by atoms with van der Waals surface area (Å²) in [5.74, 6) is -0.221. The molecule has 1 aliphatic heterocycles. The second-order valence-electron chi connectivity index (χ2n) is 5.25. The van der Waals surface area contributed by atoms with Crippen LogP contribution in [0.2, 0.25) is 0 Å². The average molecular weight is 333 g/mol. The molecule has 0 spiro atoms. The summed E-state index contributed by atoms with van der Waals surface area (Å²) in [7, 11) is -3.30. The van der Waals surface area contributed by atoms with Gasteiger partial charge in [-0.15, -0.1) is 12.4 Å². The Morgan fingerprint density at radius 1 is 1.43 bits per heavy atom. The third-order valence-electron chi connectivity index (χ3n) is 3.55. The van der Waals surface area contributed by atoms with Gasteiger partial charge < -0.3 is 10.6 Å². The first-order chi connectivity index (χ1) is 9.38. The van der Waals surface area contributed by atoms with E-state index in [0.29, 0.717) is 18.2 Å². The SMILES string of the molecule is Cc1ccc(S(C)(=O)=O)cc1C(=O)NCC1CCCN1.Cl. The topological polar surface area (TPSA) is 75.3 Å². The number of hydrogen-bond donors (Lipinski definition) is 2. The van der Waals surface area contributed by atoms with Crippen LogP contribution in [0.15, 0.2) is 23.1 Å². The lowest BCUT2D eigenvalue weighted by molar-refractivity contribution is 0.0949. The number of sulfone groups is 1. The maximum Gasteiger partial charge on any atom is 0.251 e. The summed E-state index contributed by atoms with van der Waals surface area (Å²) in [4.78, 5) is 12.3. The smallest absolute Gasteiger partial charge is 0.251 e. The molecule has 0 saturated carbocycles. The quantitative estimate of drug-likeness (QED) is 0.871. The number of amides is 1. The number of halogens is 1. The molecule has 1 saturated heterocycles. The van der Waals surface area contributed by atoms with Crippen molar-refractivity contribution < 1.29 is 13.2 Å². The van der Waals surface area contributed by atoms with Crippen molar-refractivity contribution in [2.45, 2.75) is 30.7 Å². The van der Waals surface area contributed by atoms with Crippen LogP contribution in [0.4, 0.5) is 0 Å². The second kappa shape index (κ2) is 7.24. The Kier molecular flexibility index (Phi) is 6.19. The van der Waals surface area contributed by atoms with Gasteiger partial charge in [0.2, 0.25) is 0 Å². The largest absolute Gasteiger partial charge is 0.350 e. The molecule has 21 heavy (non-hydrogen) atoms. The number of carbonyl (C=O) groups excluding carboxylic acids is 1. The van der Waals surface area contributed by atoms with Gasteiger partial charge in [0.15, 0.2) is 9.84 Å². The van der Waals surface area contributed by atoms with Crippen LogP contribution < -0.4 is 10.6 Å². The van der Waals surface area contributed by atoms with E-state index in [9.17, 15) is 13.2 Å². The van der Waals surface area contributed by atoms with Crippen LogP contribution in [0.3, 0.4) is 0 Å². The Morgan fingerprint density at radius 3 is 2.71 bits per heavy atom. The highest BCUT2D eigenvalue weighted by atomic mass is 35.5. The molecule has 1 fully saturated rings. The van der Waals surface area contributed by atoms with Crippen molar-refractivity contribution in [1.82, 2.24) is 10.6 Å². The van der Waals surface area contributed by atoms with Crippen LogP contribution in [0, 0.1) is 6.92 Å². The zero-order chi connectivity index (χ0) is 14.8. The van der Waals surface area contributed by atoms with E-state index >= 15 is 0 Å². The lowest BCUT2D eigenvalue weighted by Gasteiger charge is -2.13. The normalized spacial score (nSPS) is 18.1. The lowest BCUT2D eigenvalue weighted by Crippen LogP contribution is -2.37. The summed E-state index contributed by atoms with van der Waals surface area (Å²) in [6.45, 7) is 3.36. The molecule has 1 aliphatic rings. The predicted octanol–water partition coefficient (Wildman–Crippen LogP) is 1.30. The van der Waals surface area contributed by atoms with Crippen molar-refractivity contribution in [2.75, 3.05) is 19.3 Å². The first kappa shape index (κ1) is 17.9. The standard InChI is InChI=1S/C14H20N2O3S.ClH/c1-10-5-6-12(20(2,18)19)8-13(10)14(17)16-9-11-4-3-7-15-11;/h5-6,8,11,15H,3-4,7,9H2,1-2H3,(H,16,17);1H. The summed E-state index contributed by atoms with van der Waals surface area (Å²) in [6, 6.07) is 4.96. The Balaban J connectivity index is 0.00000220. The van der Waals surface area contributed by atoms with Crippen LogP contribution in [0.25, 0.3) is 0 Å². The minimum atomic E-state index is -3.30. The fourth-order valence-corrected chi connectivity index (χ4v) is 2.97.